The van der Waals surface area contributed by atoms with Gasteiger partial charge in [-0.05, 0) is 29.8 Å². The number of benzene rings is 2. The van der Waals surface area contributed by atoms with Gasteiger partial charge in [-0.2, -0.15) is 0 Å². The van der Waals surface area contributed by atoms with E-state index in [9.17, 15) is 9.90 Å². The molecule has 2 heterocycles. The standard InChI is InChI=1S/C26H32N4O4/c1-21(31)30-15-14-29(18-26(32,19-30)20-34-23-6-4-3-5-7-23)16-22-8-10-24(11-9-22)33-17-25-27-12-13-28(25)2/h3-13,32H,14-20H2,1-2H3/t26-/m1/s1. The number of imidazole rings is 1. The van der Waals surface area contributed by atoms with E-state index in [1.807, 2.05) is 72.4 Å². The molecule has 1 N–H and O–H groups in total. The number of ether oxygens (including phenoxy) is 2. The van der Waals surface area contributed by atoms with Crippen molar-refractivity contribution in [3.63, 3.8) is 0 Å². The molecule has 0 bridgehead atoms. The number of rotatable bonds is 8. The fourth-order valence-corrected chi connectivity index (χ4v) is 4.10. The van der Waals surface area contributed by atoms with Crippen LogP contribution in [0.2, 0.25) is 0 Å². The highest BCUT2D eigenvalue weighted by Gasteiger charge is 2.36. The quantitative estimate of drug-likeness (QED) is 0.552. The summed E-state index contributed by atoms with van der Waals surface area (Å²) in [6.07, 6.45) is 3.64. The van der Waals surface area contributed by atoms with Gasteiger partial charge in [0.1, 0.15) is 36.1 Å². The van der Waals surface area contributed by atoms with Crippen LogP contribution in [0, 0.1) is 0 Å². The van der Waals surface area contributed by atoms with Crippen LogP contribution in [0.5, 0.6) is 11.5 Å². The van der Waals surface area contributed by atoms with E-state index in [1.165, 1.54) is 6.92 Å². The molecular weight excluding hydrogens is 432 g/mol. The van der Waals surface area contributed by atoms with Gasteiger partial charge in [0, 0.05) is 52.5 Å². The summed E-state index contributed by atoms with van der Waals surface area (Å²) < 4.78 is 13.7. The van der Waals surface area contributed by atoms with Gasteiger partial charge < -0.3 is 24.0 Å². The molecule has 3 aromatic rings. The van der Waals surface area contributed by atoms with Crippen molar-refractivity contribution >= 4 is 5.91 Å². The zero-order valence-corrected chi connectivity index (χ0v) is 19.8. The Kier molecular flexibility index (Phi) is 7.49. The highest BCUT2D eigenvalue weighted by molar-refractivity contribution is 5.73. The van der Waals surface area contributed by atoms with E-state index >= 15 is 0 Å². The molecule has 2 aromatic carbocycles. The normalized spacial score (nSPS) is 19.0. The van der Waals surface area contributed by atoms with Crippen LogP contribution in [0.15, 0.2) is 67.0 Å². The zero-order valence-electron chi connectivity index (χ0n) is 19.8. The van der Waals surface area contributed by atoms with E-state index in [1.54, 1.807) is 11.1 Å². The molecule has 0 saturated carbocycles. The molecule has 1 aliphatic rings. The molecule has 1 amide bonds. The average molecular weight is 465 g/mol. The Morgan fingerprint density at radius 3 is 2.44 bits per heavy atom. The van der Waals surface area contributed by atoms with E-state index in [0.29, 0.717) is 38.5 Å². The highest BCUT2D eigenvalue weighted by atomic mass is 16.5. The Morgan fingerprint density at radius 2 is 1.76 bits per heavy atom. The number of hydrogen-bond donors (Lipinski definition) is 1. The number of amides is 1. The van der Waals surface area contributed by atoms with Crippen LogP contribution in [-0.2, 0) is 25.0 Å². The van der Waals surface area contributed by atoms with Crippen molar-refractivity contribution in [2.75, 3.05) is 32.8 Å². The number of hydrogen-bond acceptors (Lipinski definition) is 6. The summed E-state index contributed by atoms with van der Waals surface area (Å²) in [5, 5.41) is 11.4. The fourth-order valence-electron chi connectivity index (χ4n) is 4.10. The summed E-state index contributed by atoms with van der Waals surface area (Å²) in [5.41, 5.74) is -0.0738. The SMILES string of the molecule is CC(=O)N1CCN(Cc2ccc(OCc3nccn3C)cc2)C[C@](O)(COc2ccccc2)C1. The summed E-state index contributed by atoms with van der Waals surface area (Å²) in [5.74, 6) is 2.29. The predicted octanol–water partition coefficient (Wildman–Crippen LogP) is 2.47. The van der Waals surface area contributed by atoms with Gasteiger partial charge in [0.05, 0.1) is 6.54 Å². The Balaban J connectivity index is 1.38. The highest BCUT2D eigenvalue weighted by Crippen LogP contribution is 2.21. The lowest BCUT2D eigenvalue weighted by molar-refractivity contribution is -0.132. The van der Waals surface area contributed by atoms with E-state index in [0.717, 1.165) is 17.1 Å². The molecular formula is C26H32N4O4. The minimum atomic E-state index is -1.18. The predicted molar refractivity (Wildman–Crippen MR) is 128 cm³/mol. The Morgan fingerprint density at radius 1 is 1.03 bits per heavy atom. The molecule has 1 atom stereocenters. The molecule has 1 aliphatic heterocycles. The summed E-state index contributed by atoms with van der Waals surface area (Å²) in [4.78, 5) is 20.3. The summed E-state index contributed by atoms with van der Waals surface area (Å²) in [7, 11) is 1.94. The van der Waals surface area contributed by atoms with Crippen molar-refractivity contribution < 1.29 is 19.4 Å². The molecule has 8 heteroatoms. The Labute approximate surface area is 200 Å². The van der Waals surface area contributed by atoms with Gasteiger partial charge in [-0.25, -0.2) is 4.98 Å². The van der Waals surface area contributed by atoms with Gasteiger partial charge in [-0.1, -0.05) is 30.3 Å². The van der Waals surface area contributed by atoms with Gasteiger partial charge in [0.25, 0.3) is 0 Å². The maximum Gasteiger partial charge on any atom is 0.219 e. The van der Waals surface area contributed by atoms with Crippen molar-refractivity contribution in [1.82, 2.24) is 19.4 Å². The molecule has 8 nitrogen and oxygen atoms in total. The Bertz CT molecular complexity index is 1070. The number of aliphatic hydroxyl groups is 1. The molecule has 34 heavy (non-hydrogen) atoms. The monoisotopic (exact) mass is 464 g/mol. The van der Waals surface area contributed by atoms with E-state index in [-0.39, 0.29) is 19.1 Å². The van der Waals surface area contributed by atoms with Crippen molar-refractivity contribution in [1.29, 1.82) is 0 Å². The van der Waals surface area contributed by atoms with Crippen LogP contribution in [0.4, 0.5) is 0 Å². The van der Waals surface area contributed by atoms with Crippen molar-refractivity contribution in [3.05, 3.63) is 78.4 Å². The third-order valence-electron chi connectivity index (χ3n) is 6.00. The number of carbonyl (C=O) groups excluding carboxylic acids is 1. The molecule has 4 rings (SSSR count). The zero-order chi connectivity index (χ0) is 24.0. The van der Waals surface area contributed by atoms with Crippen molar-refractivity contribution in [2.45, 2.75) is 25.7 Å². The molecule has 1 saturated heterocycles. The van der Waals surface area contributed by atoms with Gasteiger partial charge >= 0.3 is 0 Å². The molecule has 0 spiro atoms. The van der Waals surface area contributed by atoms with Gasteiger partial charge in [-0.15, -0.1) is 0 Å². The summed E-state index contributed by atoms with van der Waals surface area (Å²) in [6.45, 7) is 4.59. The minimum absolute atomic E-state index is 0.0470. The lowest BCUT2D eigenvalue weighted by Gasteiger charge is -2.32. The number of aromatic nitrogens is 2. The number of aryl methyl sites for hydroxylation is 1. The third kappa shape index (κ3) is 6.36. The van der Waals surface area contributed by atoms with E-state index in [2.05, 4.69) is 9.88 Å². The molecule has 0 radical (unpaired) electrons. The second kappa shape index (κ2) is 10.7. The van der Waals surface area contributed by atoms with Crippen LogP contribution in [0.25, 0.3) is 0 Å². The van der Waals surface area contributed by atoms with Gasteiger partial charge in [0.2, 0.25) is 5.91 Å². The van der Waals surface area contributed by atoms with Crippen molar-refractivity contribution in [2.24, 2.45) is 7.05 Å². The van der Waals surface area contributed by atoms with Crippen LogP contribution in [-0.4, -0.2) is 68.8 Å². The second-order valence-corrected chi connectivity index (χ2v) is 8.86. The van der Waals surface area contributed by atoms with Crippen LogP contribution < -0.4 is 9.47 Å². The smallest absolute Gasteiger partial charge is 0.219 e. The minimum Gasteiger partial charge on any atom is -0.490 e. The van der Waals surface area contributed by atoms with Crippen molar-refractivity contribution in [3.8, 4) is 11.5 Å². The van der Waals surface area contributed by atoms with Gasteiger partial charge in [0.15, 0.2) is 0 Å². The first-order chi connectivity index (χ1) is 16.4. The lowest BCUT2D eigenvalue weighted by atomic mass is 10.0. The Hall–Kier alpha value is -3.36. The number of carbonyl (C=O) groups is 1. The number of β-amino-alcohol motifs (C(OH)–C–C–N with tert-alkyl or cyclic N) is 1. The first-order valence-corrected chi connectivity index (χ1v) is 11.5. The van der Waals surface area contributed by atoms with Gasteiger partial charge in [-0.3, -0.25) is 9.69 Å². The second-order valence-electron chi connectivity index (χ2n) is 8.86. The molecule has 0 aliphatic carbocycles. The third-order valence-corrected chi connectivity index (χ3v) is 6.00. The summed E-state index contributed by atoms with van der Waals surface area (Å²) >= 11 is 0. The number of nitrogens with zero attached hydrogens (tertiary/aromatic N) is 4. The molecule has 1 aromatic heterocycles. The topological polar surface area (TPSA) is 80.1 Å². The lowest BCUT2D eigenvalue weighted by Crippen LogP contribution is -2.51. The van der Waals surface area contributed by atoms with Crippen LogP contribution in [0.1, 0.15) is 18.3 Å². The van der Waals surface area contributed by atoms with Crippen LogP contribution >= 0.6 is 0 Å². The van der Waals surface area contributed by atoms with Crippen LogP contribution in [0.3, 0.4) is 0 Å². The fraction of sp³-hybridized carbons (Fsp3) is 0.385. The van der Waals surface area contributed by atoms with E-state index < -0.39 is 5.60 Å². The first kappa shape index (κ1) is 23.8. The maximum atomic E-state index is 12.1. The number of para-hydroxylation sites is 1. The maximum absolute atomic E-state index is 12.1. The average Bonchev–Trinajstić information content (AvgIpc) is 3.16. The largest absolute Gasteiger partial charge is 0.490 e. The first-order valence-electron chi connectivity index (χ1n) is 11.5. The molecule has 180 valence electrons. The summed E-state index contributed by atoms with van der Waals surface area (Å²) in [6, 6.07) is 17.4. The molecule has 1 fully saturated rings. The molecule has 0 unspecified atom stereocenters. The van der Waals surface area contributed by atoms with E-state index in [4.69, 9.17) is 9.47 Å².